The molecule has 0 saturated carbocycles. The number of hydrogen-bond donors (Lipinski definition) is 1. The molecule has 5 heteroatoms. The number of piperazine rings is 1. The van der Waals surface area contributed by atoms with Crippen LogP contribution in [0.2, 0.25) is 5.02 Å². The molecule has 0 atom stereocenters. The van der Waals surface area contributed by atoms with Crippen LogP contribution < -0.4 is 4.90 Å². The fourth-order valence-corrected chi connectivity index (χ4v) is 4.94. The molecule has 4 nitrogen and oxygen atoms in total. The van der Waals surface area contributed by atoms with Crippen LogP contribution in [-0.4, -0.2) is 48.7 Å². The molecule has 2 aromatic carbocycles. The summed E-state index contributed by atoms with van der Waals surface area (Å²) in [7, 11) is 0. The number of carboxylic acids is 1. The average Bonchev–Trinajstić information content (AvgIpc) is 2.81. The van der Waals surface area contributed by atoms with Crippen LogP contribution >= 0.6 is 11.6 Å². The highest BCUT2D eigenvalue weighted by Crippen LogP contribution is 2.42. The van der Waals surface area contributed by atoms with Crippen LogP contribution in [-0.2, 0) is 0 Å². The molecule has 33 heavy (non-hydrogen) atoms. The predicted molar refractivity (Wildman–Crippen MR) is 139 cm³/mol. The number of carboxylic acid groups (broad SMARTS) is 1. The zero-order valence-electron chi connectivity index (χ0n) is 20.4. The molecule has 0 amide bonds. The maximum Gasteiger partial charge on any atom is 0.335 e. The lowest BCUT2D eigenvalue weighted by Crippen LogP contribution is -2.47. The lowest BCUT2D eigenvalue weighted by atomic mass is 9.73. The largest absolute Gasteiger partial charge is 0.478 e. The first kappa shape index (κ1) is 25.3. The van der Waals surface area contributed by atoms with Crippen molar-refractivity contribution in [3.63, 3.8) is 0 Å². The Bertz CT molecular complexity index is 956. The monoisotopic (exact) mass is 468 g/mol. The molecule has 4 rings (SSSR count). The zero-order valence-corrected chi connectivity index (χ0v) is 21.2. The van der Waals surface area contributed by atoms with Gasteiger partial charge < -0.3 is 10.0 Å². The second kappa shape index (κ2) is 11.2. The Balaban J connectivity index is 0.00000149. The van der Waals surface area contributed by atoms with E-state index in [2.05, 4.69) is 35.8 Å². The van der Waals surface area contributed by atoms with Crippen molar-refractivity contribution < 1.29 is 9.90 Å². The van der Waals surface area contributed by atoms with Gasteiger partial charge >= 0.3 is 5.97 Å². The van der Waals surface area contributed by atoms with E-state index < -0.39 is 5.97 Å². The van der Waals surface area contributed by atoms with Crippen molar-refractivity contribution in [2.75, 3.05) is 37.6 Å². The predicted octanol–water partition coefficient (Wildman–Crippen LogP) is 6.85. The fourth-order valence-electron chi connectivity index (χ4n) is 4.81. The minimum atomic E-state index is -0.878. The SMILES string of the molecule is CC.CC1(C)CCC(c2ccc(Cl)cc2)=C(CN2CCN(c3ccc(C(=O)O)cc3)CC2)C1. The molecule has 1 fully saturated rings. The molecular formula is C28H37ClN2O2. The summed E-state index contributed by atoms with van der Waals surface area (Å²) in [4.78, 5) is 16.0. The smallest absolute Gasteiger partial charge is 0.335 e. The summed E-state index contributed by atoms with van der Waals surface area (Å²) >= 11 is 6.12. The van der Waals surface area contributed by atoms with Crippen LogP contribution in [0.25, 0.3) is 5.57 Å². The number of hydrogen-bond acceptors (Lipinski definition) is 3. The van der Waals surface area contributed by atoms with Crippen LogP contribution in [0.3, 0.4) is 0 Å². The van der Waals surface area contributed by atoms with E-state index in [1.54, 1.807) is 17.7 Å². The quantitative estimate of drug-likeness (QED) is 0.521. The maximum atomic E-state index is 11.1. The Morgan fingerprint density at radius 3 is 2.15 bits per heavy atom. The Kier molecular flexibility index (Phi) is 8.61. The number of nitrogens with zero attached hydrogens (tertiary/aromatic N) is 2. The molecular weight excluding hydrogens is 432 g/mol. The van der Waals surface area contributed by atoms with Gasteiger partial charge in [0, 0.05) is 43.4 Å². The van der Waals surface area contributed by atoms with Gasteiger partial charge in [-0.05, 0) is 72.2 Å². The van der Waals surface area contributed by atoms with Gasteiger partial charge in [0.15, 0.2) is 0 Å². The molecule has 178 valence electrons. The van der Waals surface area contributed by atoms with E-state index in [-0.39, 0.29) is 0 Å². The third-order valence-electron chi connectivity index (χ3n) is 6.63. The van der Waals surface area contributed by atoms with Crippen LogP contribution in [0.15, 0.2) is 54.1 Å². The van der Waals surface area contributed by atoms with Gasteiger partial charge in [-0.2, -0.15) is 0 Å². The zero-order chi connectivity index (χ0) is 24.0. The third-order valence-corrected chi connectivity index (χ3v) is 6.88. The number of allylic oxidation sites excluding steroid dienone is 1. The van der Waals surface area contributed by atoms with Crippen LogP contribution in [0.4, 0.5) is 5.69 Å². The van der Waals surface area contributed by atoms with Crippen molar-refractivity contribution in [3.8, 4) is 0 Å². The molecule has 1 N–H and O–H groups in total. The van der Waals surface area contributed by atoms with E-state index >= 15 is 0 Å². The summed E-state index contributed by atoms with van der Waals surface area (Å²) in [6, 6.07) is 15.5. The highest BCUT2D eigenvalue weighted by molar-refractivity contribution is 6.30. The summed E-state index contributed by atoms with van der Waals surface area (Å²) in [5.41, 5.74) is 6.17. The number of rotatable bonds is 5. The number of aromatic carboxylic acids is 1. The molecule has 0 aromatic heterocycles. The first-order valence-corrected chi connectivity index (χ1v) is 12.5. The number of anilines is 1. The van der Waals surface area contributed by atoms with Gasteiger partial charge in [-0.25, -0.2) is 4.79 Å². The highest BCUT2D eigenvalue weighted by atomic mass is 35.5. The second-order valence-corrected chi connectivity index (χ2v) is 9.98. The second-order valence-electron chi connectivity index (χ2n) is 9.55. The van der Waals surface area contributed by atoms with Crippen molar-refractivity contribution in [2.24, 2.45) is 5.41 Å². The minimum absolute atomic E-state index is 0.337. The maximum absolute atomic E-state index is 11.1. The van der Waals surface area contributed by atoms with Gasteiger partial charge in [-0.15, -0.1) is 0 Å². The molecule has 1 aliphatic carbocycles. The summed E-state index contributed by atoms with van der Waals surface area (Å²) in [6.07, 6.45) is 3.48. The molecule has 0 bridgehead atoms. The lowest BCUT2D eigenvalue weighted by Gasteiger charge is -2.39. The number of benzene rings is 2. The third kappa shape index (κ3) is 6.61. The minimum Gasteiger partial charge on any atom is -0.478 e. The highest BCUT2D eigenvalue weighted by Gasteiger charge is 2.29. The first-order chi connectivity index (χ1) is 15.8. The Morgan fingerprint density at radius 1 is 0.970 bits per heavy atom. The van der Waals surface area contributed by atoms with Gasteiger partial charge in [0.05, 0.1) is 5.56 Å². The van der Waals surface area contributed by atoms with E-state index in [1.165, 1.54) is 17.6 Å². The molecule has 0 radical (unpaired) electrons. The lowest BCUT2D eigenvalue weighted by molar-refractivity contribution is 0.0697. The normalized spacial score (nSPS) is 18.5. The molecule has 2 aliphatic rings. The molecule has 0 unspecified atom stereocenters. The summed E-state index contributed by atoms with van der Waals surface area (Å²) in [6.45, 7) is 13.7. The Labute approximate surface area is 203 Å². The topological polar surface area (TPSA) is 43.8 Å². The molecule has 1 saturated heterocycles. The van der Waals surface area contributed by atoms with Crippen LogP contribution in [0.5, 0.6) is 0 Å². The van der Waals surface area contributed by atoms with Gasteiger partial charge in [-0.1, -0.05) is 57.0 Å². The molecule has 2 aromatic rings. The van der Waals surface area contributed by atoms with Crippen molar-refractivity contribution in [2.45, 2.75) is 47.0 Å². The molecule has 0 spiro atoms. The molecule has 1 heterocycles. The van der Waals surface area contributed by atoms with Crippen molar-refractivity contribution in [1.82, 2.24) is 4.90 Å². The van der Waals surface area contributed by atoms with Gasteiger partial charge in [0.1, 0.15) is 0 Å². The van der Waals surface area contributed by atoms with Crippen LogP contribution in [0.1, 0.15) is 62.9 Å². The van der Waals surface area contributed by atoms with Gasteiger partial charge in [0.25, 0.3) is 0 Å². The first-order valence-electron chi connectivity index (χ1n) is 12.1. The summed E-state index contributed by atoms with van der Waals surface area (Å²) in [5, 5.41) is 9.89. The average molecular weight is 469 g/mol. The van der Waals surface area contributed by atoms with E-state index in [1.807, 2.05) is 38.1 Å². The van der Waals surface area contributed by atoms with Gasteiger partial charge in [-0.3, -0.25) is 4.90 Å². The van der Waals surface area contributed by atoms with E-state index in [9.17, 15) is 4.79 Å². The van der Waals surface area contributed by atoms with E-state index in [0.717, 1.165) is 56.3 Å². The Hall–Kier alpha value is -2.30. The number of carbonyl (C=O) groups is 1. The van der Waals surface area contributed by atoms with E-state index in [0.29, 0.717) is 11.0 Å². The Morgan fingerprint density at radius 2 is 1.58 bits per heavy atom. The standard InChI is InChI=1S/C26H31ClN2O2.C2H6/c1-26(2)12-11-24(19-3-7-22(27)8-4-19)21(17-26)18-28-13-15-29(16-14-28)23-9-5-20(6-10-23)25(30)31;1-2/h3-10H,11-18H2,1-2H3,(H,30,31);1-2H3. The molecule has 1 aliphatic heterocycles. The fraction of sp³-hybridized carbons (Fsp3) is 0.464. The van der Waals surface area contributed by atoms with Crippen LogP contribution in [0, 0.1) is 5.41 Å². The van der Waals surface area contributed by atoms with Crippen molar-refractivity contribution in [1.29, 1.82) is 0 Å². The summed E-state index contributed by atoms with van der Waals surface area (Å²) < 4.78 is 0. The van der Waals surface area contributed by atoms with E-state index in [4.69, 9.17) is 16.7 Å². The number of halogens is 1. The van der Waals surface area contributed by atoms with Crippen molar-refractivity contribution >= 4 is 28.8 Å². The van der Waals surface area contributed by atoms with Gasteiger partial charge in [0.2, 0.25) is 0 Å². The summed E-state index contributed by atoms with van der Waals surface area (Å²) in [5.74, 6) is -0.878. The van der Waals surface area contributed by atoms with Crippen molar-refractivity contribution in [3.05, 3.63) is 70.3 Å².